The predicted octanol–water partition coefficient (Wildman–Crippen LogP) is 3.05. The summed E-state index contributed by atoms with van der Waals surface area (Å²) < 4.78 is 7.34. The minimum absolute atomic E-state index is 0.605. The molecule has 1 atom stereocenters. The van der Waals surface area contributed by atoms with Crippen molar-refractivity contribution in [2.45, 2.75) is 13.1 Å². The maximum absolute atomic E-state index is 6.30. The van der Waals surface area contributed by atoms with Crippen LogP contribution in [-0.2, 0) is 0 Å². The highest BCUT2D eigenvalue weighted by Gasteiger charge is 2.26. The smallest absolute Gasteiger partial charge is 0.177 e. The molecule has 0 radical (unpaired) electrons. The average Bonchev–Trinajstić information content (AvgIpc) is 2.95. The number of fused-ring (bicyclic) bond motifs is 3. The third kappa shape index (κ3) is 2.59. The van der Waals surface area contributed by atoms with Gasteiger partial charge in [-0.15, -0.1) is 10.2 Å². The fourth-order valence-corrected chi connectivity index (χ4v) is 3.12. The maximum Gasteiger partial charge on any atom is 0.177 e. The van der Waals surface area contributed by atoms with Gasteiger partial charge in [-0.3, -0.25) is 9.56 Å². The van der Waals surface area contributed by atoms with E-state index in [9.17, 15) is 0 Å². The molecule has 3 aromatic rings. The molecule has 0 saturated heterocycles. The van der Waals surface area contributed by atoms with E-state index in [0.29, 0.717) is 10.8 Å². The second-order valence-corrected chi connectivity index (χ2v) is 6.19. The zero-order valence-electron chi connectivity index (χ0n) is 13.8. The molecule has 2 heterocycles. The van der Waals surface area contributed by atoms with Crippen LogP contribution in [0.1, 0.15) is 28.9 Å². The SMILES string of the molecule is COc1ccc2c(c1)C(c1ccc(Cl)cc1)=N[C@@H](N)c1nnc(C)n1-2. The van der Waals surface area contributed by atoms with E-state index in [1.807, 2.05) is 54.0 Å². The summed E-state index contributed by atoms with van der Waals surface area (Å²) in [6.07, 6.45) is -0.620. The molecule has 7 heteroatoms. The van der Waals surface area contributed by atoms with Gasteiger partial charge in [0.1, 0.15) is 11.6 Å². The van der Waals surface area contributed by atoms with Gasteiger partial charge in [0.05, 0.1) is 18.5 Å². The topological polar surface area (TPSA) is 78.3 Å². The Morgan fingerprint density at radius 2 is 1.88 bits per heavy atom. The van der Waals surface area contributed by atoms with Gasteiger partial charge < -0.3 is 10.5 Å². The molecule has 2 aromatic carbocycles. The van der Waals surface area contributed by atoms with Gasteiger partial charge in [0, 0.05) is 16.1 Å². The molecule has 0 aliphatic carbocycles. The monoisotopic (exact) mass is 353 g/mol. The van der Waals surface area contributed by atoms with E-state index in [4.69, 9.17) is 27.1 Å². The zero-order chi connectivity index (χ0) is 17.6. The van der Waals surface area contributed by atoms with Crippen molar-refractivity contribution in [1.29, 1.82) is 0 Å². The van der Waals surface area contributed by atoms with Crippen LogP contribution >= 0.6 is 11.6 Å². The van der Waals surface area contributed by atoms with Gasteiger partial charge in [-0.1, -0.05) is 23.7 Å². The number of aryl methyl sites for hydroxylation is 1. The van der Waals surface area contributed by atoms with E-state index >= 15 is 0 Å². The lowest BCUT2D eigenvalue weighted by atomic mass is 10.00. The van der Waals surface area contributed by atoms with Gasteiger partial charge in [-0.05, 0) is 37.3 Å². The molecule has 0 unspecified atom stereocenters. The van der Waals surface area contributed by atoms with Crippen molar-refractivity contribution in [1.82, 2.24) is 14.8 Å². The van der Waals surface area contributed by atoms with Crippen molar-refractivity contribution in [3.8, 4) is 11.4 Å². The molecule has 6 nitrogen and oxygen atoms in total. The van der Waals surface area contributed by atoms with Crippen LogP contribution in [0.3, 0.4) is 0 Å². The minimum atomic E-state index is -0.620. The van der Waals surface area contributed by atoms with Gasteiger partial charge in [0.2, 0.25) is 0 Å². The summed E-state index contributed by atoms with van der Waals surface area (Å²) in [7, 11) is 1.64. The van der Waals surface area contributed by atoms with Crippen LogP contribution in [0, 0.1) is 6.92 Å². The number of nitrogens with zero attached hydrogens (tertiary/aromatic N) is 4. The first-order valence-corrected chi connectivity index (χ1v) is 8.16. The molecule has 25 heavy (non-hydrogen) atoms. The van der Waals surface area contributed by atoms with E-state index in [0.717, 1.165) is 34.1 Å². The number of hydrogen-bond donors (Lipinski definition) is 1. The van der Waals surface area contributed by atoms with Crippen LogP contribution in [0.5, 0.6) is 5.75 Å². The van der Waals surface area contributed by atoms with E-state index in [1.54, 1.807) is 7.11 Å². The third-order valence-electron chi connectivity index (χ3n) is 4.20. The Bertz CT molecular complexity index is 978. The summed E-state index contributed by atoms with van der Waals surface area (Å²) in [5.41, 5.74) is 9.81. The second-order valence-electron chi connectivity index (χ2n) is 5.75. The maximum atomic E-state index is 6.30. The number of rotatable bonds is 2. The van der Waals surface area contributed by atoms with Gasteiger partial charge in [0.25, 0.3) is 0 Å². The van der Waals surface area contributed by atoms with Gasteiger partial charge >= 0.3 is 0 Å². The summed E-state index contributed by atoms with van der Waals surface area (Å²) in [6, 6.07) is 13.3. The first-order valence-electron chi connectivity index (χ1n) is 7.78. The highest BCUT2D eigenvalue weighted by molar-refractivity contribution is 6.30. The predicted molar refractivity (Wildman–Crippen MR) is 96.7 cm³/mol. The molecule has 126 valence electrons. The van der Waals surface area contributed by atoms with Crippen LogP contribution in [0.2, 0.25) is 5.02 Å². The van der Waals surface area contributed by atoms with Gasteiger partial charge in [-0.2, -0.15) is 0 Å². The summed E-state index contributed by atoms with van der Waals surface area (Å²) in [6.45, 7) is 1.89. The number of benzene rings is 2. The molecule has 1 aliphatic heterocycles. The molecule has 2 N–H and O–H groups in total. The average molecular weight is 354 g/mol. The second kappa shape index (κ2) is 5.98. The lowest BCUT2D eigenvalue weighted by Gasteiger charge is -2.14. The number of aliphatic imine (C=N–C) groups is 1. The molecular weight excluding hydrogens is 338 g/mol. The molecule has 0 saturated carbocycles. The van der Waals surface area contributed by atoms with Crippen molar-refractivity contribution in [2.24, 2.45) is 10.7 Å². The molecule has 0 spiro atoms. The first-order chi connectivity index (χ1) is 12.1. The fourth-order valence-electron chi connectivity index (χ4n) is 3.00. The highest BCUT2D eigenvalue weighted by atomic mass is 35.5. The Kier molecular flexibility index (Phi) is 3.78. The Morgan fingerprint density at radius 3 is 2.60 bits per heavy atom. The van der Waals surface area contributed by atoms with Crippen LogP contribution in [0.15, 0.2) is 47.5 Å². The molecule has 1 aromatic heterocycles. The van der Waals surface area contributed by atoms with Crippen LogP contribution in [-0.4, -0.2) is 27.6 Å². The van der Waals surface area contributed by atoms with Crippen LogP contribution < -0.4 is 10.5 Å². The number of ether oxygens (including phenoxy) is 1. The number of methoxy groups -OCH3 is 1. The third-order valence-corrected chi connectivity index (χ3v) is 4.45. The minimum Gasteiger partial charge on any atom is -0.497 e. The summed E-state index contributed by atoms with van der Waals surface area (Å²) in [5, 5.41) is 9.03. The van der Waals surface area contributed by atoms with Gasteiger partial charge in [-0.25, -0.2) is 0 Å². The Hall–Kier alpha value is -2.70. The van der Waals surface area contributed by atoms with Crippen molar-refractivity contribution in [3.05, 3.63) is 70.3 Å². The number of aromatic nitrogens is 3. The van der Waals surface area contributed by atoms with Crippen molar-refractivity contribution >= 4 is 17.3 Å². The quantitative estimate of drug-likeness (QED) is 0.768. The zero-order valence-corrected chi connectivity index (χ0v) is 14.5. The highest BCUT2D eigenvalue weighted by Crippen LogP contribution is 2.31. The van der Waals surface area contributed by atoms with E-state index in [2.05, 4.69) is 10.2 Å². The number of hydrogen-bond acceptors (Lipinski definition) is 5. The summed E-state index contributed by atoms with van der Waals surface area (Å²) >= 11 is 6.03. The summed E-state index contributed by atoms with van der Waals surface area (Å²) in [5.74, 6) is 2.10. The summed E-state index contributed by atoms with van der Waals surface area (Å²) in [4.78, 5) is 4.72. The fraction of sp³-hybridized carbons (Fsp3) is 0.167. The Labute approximate surface area is 149 Å². The largest absolute Gasteiger partial charge is 0.497 e. The lowest BCUT2D eigenvalue weighted by Crippen LogP contribution is -2.13. The molecule has 0 fully saturated rings. The van der Waals surface area contributed by atoms with Crippen molar-refractivity contribution in [3.63, 3.8) is 0 Å². The first kappa shape index (κ1) is 15.8. The lowest BCUT2D eigenvalue weighted by molar-refractivity contribution is 0.414. The van der Waals surface area contributed by atoms with E-state index in [1.165, 1.54) is 0 Å². The van der Waals surface area contributed by atoms with Crippen LogP contribution in [0.25, 0.3) is 5.69 Å². The number of nitrogens with two attached hydrogens (primary N) is 1. The molecule has 4 rings (SSSR count). The van der Waals surface area contributed by atoms with Crippen molar-refractivity contribution in [2.75, 3.05) is 7.11 Å². The Morgan fingerprint density at radius 1 is 1.12 bits per heavy atom. The molecule has 0 amide bonds. The normalized spacial score (nSPS) is 15.8. The molecule has 0 bridgehead atoms. The van der Waals surface area contributed by atoms with E-state index < -0.39 is 6.17 Å². The van der Waals surface area contributed by atoms with Crippen molar-refractivity contribution < 1.29 is 4.74 Å². The van der Waals surface area contributed by atoms with Gasteiger partial charge in [0.15, 0.2) is 12.0 Å². The number of halogens is 1. The molecular formula is C18H16ClN5O. The molecule has 1 aliphatic rings. The Balaban J connectivity index is 2.02. The standard InChI is InChI=1S/C18H16ClN5O/c1-10-22-23-18-17(20)21-16(11-3-5-12(19)6-4-11)14-9-13(25-2)7-8-15(14)24(10)18/h3-9,17H,20H2,1-2H3/t17-/m1/s1. The van der Waals surface area contributed by atoms with Crippen LogP contribution in [0.4, 0.5) is 0 Å². The van der Waals surface area contributed by atoms with E-state index in [-0.39, 0.29) is 0 Å².